The van der Waals surface area contributed by atoms with Gasteiger partial charge in [-0.1, -0.05) is 42.5 Å². The van der Waals surface area contributed by atoms with Crippen LogP contribution >= 0.6 is 0 Å². The lowest BCUT2D eigenvalue weighted by Gasteiger charge is -2.13. The largest absolute Gasteiger partial charge is 0.422 e. The Hall–Kier alpha value is -3.77. The van der Waals surface area contributed by atoms with Crippen LogP contribution in [0, 0.1) is 0 Å². The van der Waals surface area contributed by atoms with Crippen molar-refractivity contribution in [2.75, 3.05) is 6.54 Å². The maximum Gasteiger partial charge on any atom is 0.343 e. The molecule has 140 valence electrons. The number of rotatable bonds is 6. The molecule has 0 saturated carbocycles. The van der Waals surface area contributed by atoms with Gasteiger partial charge in [0.1, 0.15) is 17.1 Å². The Kier molecular flexibility index (Phi) is 5.94. The van der Waals surface area contributed by atoms with Crippen molar-refractivity contribution >= 4 is 17.7 Å². The smallest absolute Gasteiger partial charge is 0.343 e. The average molecular weight is 375 g/mol. The number of hydrogen-bond acceptors (Lipinski definition) is 6. The second-order valence-corrected chi connectivity index (χ2v) is 5.77. The minimum Gasteiger partial charge on any atom is -0.422 e. The van der Waals surface area contributed by atoms with Crippen LogP contribution < -0.4 is 15.2 Å². The second-order valence-electron chi connectivity index (χ2n) is 5.77. The van der Waals surface area contributed by atoms with Crippen LogP contribution in [-0.2, 0) is 0 Å². The summed E-state index contributed by atoms with van der Waals surface area (Å²) in [7, 11) is 0. The van der Waals surface area contributed by atoms with Gasteiger partial charge in [-0.25, -0.2) is 9.59 Å². The van der Waals surface area contributed by atoms with Gasteiger partial charge in [-0.05, 0) is 36.4 Å². The highest BCUT2D eigenvalue weighted by Crippen LogP contribution is 2.30. The highest BCUT2D eigenvalue weighted by atomic mass is 16.5. The van der Waals surface area contributed by atoms with E-state index < -0.39 is 17.7 Å². The van der Waals surface area contributed by atoms with Gasteiger partial charge in [0.15, 0.2) is 5.78 Å². The van der Waals surface area contributed by atoms with Crippen molar-refractivity contribution in [1.82, 2.24) is 0 Å². The van der Waals surface area contributed by atoms with E-state index in [1.54, 1.807) is 60.7 Å². The zero-order chi connectivity index (χ0) is 19.9. The van der Waals surface area contributed by atoms with Gasteiger partial charge in [0.2, 0.25) is 0 Å². The summed E-state index contributed by atoms with van der Waals surface area (Å²) in [5.74, 6) is -1.85. The van der Waals surface area contributed by atoms with E-state index in [1.807, 2.05) is 0 Å². The Labute approximate surface area is 161 Å². The fourth-order valence-electron chi connectivity index (χ4n) is 2.52. The van der Waals surface area contributed by atoms with Gasteiger partial charge >= 0.3 is 11.9 Å². The number of benzene rings is 3. The summed E-state index contributed by atoms with van der Waals surface area (Å²) in [5, 5.41) is 0. The summed E-state index contributed by atoms with van der Waals surface area (Å²) >= 11 is 0. The van der Waals surface area contributed by atoms with Crippen molar-refractivity contribution in [3.63, 3.8) is 0 Å². The first-order valence-corrected chi connectivity index (χ1v) is 8.51. The minimum atomic E-state index is -0.641. The average Bonchev–Trinajstić information content (AvgIpc) is 2.74. The van der Waals surface area contributed by atoms with E-state index in [0.29, 0.717) is 11.1 Å². The van der Waals surface area contributed by atoms with Gasteiger partial charge in [0, 0.05) is 0 Å². The molecule has 0 bridgehead atoms. The molecule has 0 heterocycles. The highest BCUT2D eigenvalue weighted by Gasteiger charge is 2.22. The molecule has 0 aliphatic carbocycles. The molecule has 0 aliphatic rings. The van der Waals surface area contributed by atoms with Crippen LogP contribution in [0.5, 0.6) is 11.5 Å². The zero-order valence-electron chi connectivity index (χ0n) is 14.8. The van der Waals surface area contributed by atoms with Crippen LogP contribution in [0.2, 0.25) is 0 Å². The Morgan fingerprint density at radius 3 is 1.46 bits per heavy atom. The molecule has 28 heavy (non-hydrogen) atoms. The number of ketones is 1. The van der Waals surface area contributed by atoms with Gasteiger partial charge in [-0.2, -0.15) is 0 Å². The van der Waals surface area contributed by atoms with Crippen molar-refractivity contribution in [3.8, 4) is 11.5 Å². The van der Waals surface area contributed by atoms with Gasteiger partial charge in [-0.15, -0.1) is 0 Å². The molecule has 0 fully saturated rings. The summed E-state index contributed by atoms with van der Waals surface area (Å²) < 4.78 is 10.8. The lowest BCUT2D eigenvalue weighted by molar-refractivity contribution is 0.0728. The molecular formula is C22H17NO5. The highest BCUT2D eigenvalue weighted by molar-refractivity contribution is 6.05. The molecule has 0 amide bonds. The predicted octanol–water partition coefficient (Wildman–Crippen LogP) is 3.27. The lowest BCUT2D eigenvalue weighted by atomic mass is 10.1. The molecule has 2 N–H and O–H groups in total. The van der Waals surface area contributed by atoms with Crippen LogP contribution in [0.1, 0.15) is 31.1 Å². The zero-order valence-corrected chi connectivity index (χ0v) is 14.8. The first kappa shape index (κ1) is 19.0. The van der Waals surface area contributed by atoms with Crippen LogP contribution in [0.3, 0.4) is 0 Å². The fraction of sp³-hybridized carbons (Fsp3) is 0.0455. The van der Waals surface area contributed by atoms with E-state index in [0.717, 1.165) is 0 Å². The van der Waals surface area contributed by atoms with Crippen LogP contribution in [-0.4, -0.2) is 24.3 Å². The van der Waals surface area contributed by atoms with E-state index in [-0.39, 0.29) is 23.6 Å². The van der Waals surface area contributed by atoms with Crippen LogP contribution in [0.25, 0.3) is 0 Å². The van der Waals surface area contributed by atoms with Gasteiger partial charge < -0.3 is 15.2 Å². The Bertz CT molecular complexity index is 928. The van der Waals surface area contributed by atoms with Gasteiger partial charge in [0.25, 0.3) is 0 Å². The number of esters is 2. The quantitative estimate of drug-likeness (QED) is 0.404. The monoisotopic (exact) mass is 375 g/mol. The maximum absolute atomic E-state index is 12.4. The van der Waals surface area contributed by atoms with E-state index in [2.05, 4.69) is 0 Å². The predicted molar refractivity (Wildman–Crippen MR) is 103 cm³/mol. The number of carbonyl (C=O) groups excluding carboxylic acids is 3. The number of hydrogen-bond donors (Lipinski definition) is 1. The van der Waals surface area contributed by atoms with Crippen molar-refractivity contribution in [3.05, 3.63) is 95.6 Å². The van der Waals surface area contributed by atoms with Crippen molar-refractivity contribution in [1.29, 1.82) is 0 Å². The molecule has 0 saturated heterocycles. The summed E-state index contributed by atoms with van der Waals surface area (Å²) in [6.45, 7) is -0.338. The molecule has 6 heteroatoms. The maximum atomic E-state index is 12.4. The van der Waals surface area contributed by atoms with E-state index in [4.69, 9.17) is 15.2 Å². The molecule has 0 aromatic heterocycles. The van der Waals surface area contributed by atoms with E-state index >= 15 is 0 Å². The molecule has 0 radical (unpaired) electrons. The van der Waals surface area contributed by atoms with E-state index in [1.165, 1.54) is 18.2 Å². The topological polar surface area (TPSA) is 95.7 Å². The molecule has 0 spiro atoms. The minimum absolute atomic E-state index is 0.0253. The summed E-state index contributed by atoms with van der Waals surface area (Å²) in [6.07, 6.45) is 0. The fourth-order valence-corrected chi connectivity index (χ4v) is 2.52. The second kappa shape index (κ2) is 8.75. The molecule has 3 aromatic rings. The van der Waals surface area contributed by atoms with Crippen LogP contribution in [0.15, 0.2) is 78.9 Å². The third-order valence-electron chi connectivity index (χ3n) is 3.88. The molecule has 0 atom stereocenters. The molecule has 0 aliphatic heterocycles. The third-order valence-corrected chi connectivity index (χ3v) is 3.88. The Morgan fingerprint density at radius 2 is 1.07 bits per heavy atom. The summed E-state index contributed by atoms with van der Waals surface area (Å²) in [6, 6.07) is 21.1. The summed E-state index contributed by atoms with van der Waals surface area (Å²) in [4.78, 5) is 37.1. The third kappa shape index (κ3) is 4.31. The van der Waals surface area contributed by atoms with Gasteiger partial charge in [-0.3, -0.25) is 4.79 Å². The Morgan fingerprint density at radius 1 is 0.643 bits per heavy atom. The number of ether oxygens (including phenoxy) is 2. The number of Topliss-reactive ketones (excluding diaryl/α,β-unsaturated/α-hetero) is 1. The van der Waals surface area contributed by atoms with E-state index in [9.17, 15) is 14.4 Å². The molecule has 6 nitrogen and oxygen atoms in total. The Balaban J connectivity index is 1.93. The normalized spacial score (nSPS) is 10.2. The molecule has 3 aromatic carbocycles. The lowest BCUT2D eigenvalue weighted by Crippen LogP contribution is -2.19. The first-order valence-electron chi connectivity index (χ1n) is 8.51. The van der Waals surface area contributed by atoms with Gasteiger partial charge in [0.05, 0.1) is 17.7 Å². The SMILES string of the molecule is NCC(=O)c1c(OC(=O)c2ccccc2)cccc1OC(=O)c1ccccc1. The number of nitrogens with two attached hydrogens (primary N) is 1. The molecule has 3 rings (SSSR count). The van der Waals surface area contributed by atoms with Crippen LogP contribution in [0.4, 0.5) is 0 Å². The standard InChI is InChI=1S/C22H17NO5/c23-14-17(24)20-18(27-21(25)15-8-3-1-4-9-15)12-7-13-19(20)28-22(26)16-10-5-2-6-11-16/h1-13H,14,23H2. The first-order chi connectivity index (χ1) is 13.6. The number of carbonyl (C=O) groups is 3. The van der Waals surface area contributed by atoms with Crippen molar-refractivity contribution in [2.24, 2.45) is 5.73 Å². The molecule has 0 unspecified atom stereocenters. The molecular weight excluding hydrogens is 358 g/mol. The summed E-state index contributed by atoms with van der Waals surface area (Å²) in [5.41, 5.74) is 6.08. The van der Waals surface area contributed by atoms with Crippen molar-refractivity contribution < 1.29 is 23.9 Å². The van der Waals surface area contributed by atoms with Crippen molar-refractivity contribution in [2.45, 2.75) is 0 Å².